The molecule has 2 aliphatic rings. The van der Waals surface area contributed by atoms with Crippen LogP contribution in [0.2, 0.25) is 0 Å². The lowest BCUT2D eigenvalue weighted by atomic mass is 9.85. The van der Waals surface area contributed by atoms with Crippen molar-refractivity contribution in [2.45, 2.75) is 11.7 Å². The average molecular weight is 220 g/mol. The largest absolute Gasteiger partial charge is 0.373 e. The third-order valence-corrected chi connectivity index (χ3v) is 3.09. The third-order valence-electron chi connectivity index (χ3n) is 2.19. The van der Waals surface area contributed by atoms with Crippen LogP contribution in [-0.4, -0.2) is 18.2 Å². The molecule has 0 amide bonds. The Bertz CT molecular complexity index is 493. The van der Waals surface area contributed by atoms with Gasteiger partial charge in [0.15, 0.2) is 0 Å². The maximum absolute atomic E-state index is 12.8. The van der Waals surface area contributed by atoms with Crippen molar-refractivity contribution in [3.05, 3.63) is 23.8 Å². The fourth-order valence-corrected chi connectivity index (χ4v) is 1.67. The third kappa shape index (κ3) is 1.22. The molecule has 2 aliphatic carbocycles. The highest BCUT2D eigenvalue weighted by molar-refractivity contribution is 7.86. The van der Waals surface area contributed by atoms with Crippen molar-refractivity contribution < 1.29 is 21.8 Å². The molecule has 6 heteroatoms. The molecule has 0 aliphatic heterocycles. The van der Waals surface area contributed by atoms with E-state index in [1.807, 2.05) is 0 Å². The van der Waals surface area contributed by atoms with Crippen LogP contribution in [0.15, 0.2) is 18.2 Å². The molecule has 76 valence electrons. The van der Waals surface area contributed by atoms with Gasteiger partial charge in [0.1, 0.15) is 0 Å². The van der Waals surface area contributed by atoms with E-state index >= 15 is 0 Å². The number of halogens is 2. The van der Waals surface area contributed by atoms with E-state index in [-0.39, 0.29) is 5.56 Å². The Morgan fingerprint density at radius 3 is 2.29 bits per heavy atom. The number of alkyl halides is 2. The Balaban J connectivity index is 2.22. The molecule has 1 N–H and O–H groups in total. The molecule has 0 saturated heterocycles. The van der Waals surface area contributed by atoms with E-state index in [9.17, 15) is 17.2 Å². The summed E-state index contributed by atoms with van der Waals surface area (Å²) in [4.78, 5) is 0. The second kappa shape index (κ2) is 2.52. The summed E-state index contributed by atoms with van der Waals surface area (Å²) in [5.74, 6) is 0. The molecule has 0 radical (unpaired) electrons. The molecule has 3 nitrogen and oxygen atoms in total. The molecular formula is C8H6F2O3S. The van der Waals surface area contributed by atoms with Gasteiger partial charge in [-0.25, -0.2) is 0 Å². The molecular weight excluding hydrogens is 214 g/mol. The molecule has 0 atom stereocenters. The lowest BCUT2D eigenvalue weighted by molar-refractivity contribution is 0.0812. The maximum Gasteiger partial charge on any atom is 0.373 e. The monoisotopic (exact) mass is 220 g/mol. The van der Waals surface area contributed by atoms with Crippen LogP contribution < -0.4 is 0 Å². The minimum absolute atomic E-state index is 0.269. The summed E-state index contributed by atoms with van der Waals surface area (Å²) >= 11 is 0. The topological polar surface area (TPSA) is 54.4 Å². The lowest BCUT2D eigenvalue weighted by Crippen LogP contribution is -2.31. The summed E-state index contributed by atoms with van der Waals surface area (Å²) < 4.78 is 54.4. The van der Waals surface area contributed by atoms with E-state index in [0.29, 0.717) is 5.56 Å². The zero-order valence-electron chi connectivity index (χ0n) is 6.87. The average Bonchev–Trinajstić information content (AvgIpc) is 1.96. The van der Waals surface area contributed by atoms with Gasteiger partial charge in [-0.3, -0.25) is 4.55 Å². The van der Waals surface area contributed by atoms with Crippen LogP contribution in [0.4, 0.5) is 8.78 Å². The summed E-state index contributed by atoms with van der Waals surface area (Å²) in [6.45, 7) is 0. The van der Waals surface area contributed by atoms with Gasteiger partial charge in [-0.2, -0.15) is 17.2 Å². The van der Waals surface area contributed by atoms with E-state index in [4.69, 9.17) is 4.55 Å². The highest BCUT2D eigenvalue weighted by atomic mass is 32.2. The van der Waals surface area contributed by atoms with E-state index < -0.39 is 21.8 Å². The van der Waals surface area contributed by atoms with Crippen LogP contribution in [0.25, 0.3) is 11.1 Å². The molecule has 0 heterocycles. The first-order valence-corrected chi connectivity index (χ1v) is 5.23. The Hall–Kier alpha value is -1.01. The lowest BCUT2D eigenvalue weighted by Gasteiger charge is -2.23. The minimum Gasteiger partial charge on any atom is -0.281 e. The zero-order chi connectivity index (χ0) is 10.6. The predicted molar refractivity (Wildman–Crippen MR) is 45.6 cm³/mol. The summed E-state index contributed by atoms with van der Waals surface area (Å²) in [5, 5.41) is -4.10. The van der Waals surface area contributed by atoms with Crippen molar-refractivity contribution in [3.8, 4) is 11.1 Å². The van der Waals surface area contributed by atoms with Crippen LogP contribution >= 0.6 is 0 Å². The van der Waals surface area contributed by atoms with Crippen molar-refractivity contribution in [1.29, 1.82) is 0 Å². The second-order valence-corrected chi connectivity index (χ2v) is 4.71. The minimum atomic E-state index is -5.31. The summed E-state index contributed by atoms with van der Waals surface area (Å²) in [6.07, 6.45) is -0.963. The predicted octanol–water partition coefficient (Wildman–Crippen LogP) is 1.69. The van der Waals surface area contributed by atoms with Crippen molar-refractivity contribution in [2.24, 2.45) is 0 Å². The molecule has 2 rings (SSSR count). The Kier molecular flexibility index (Phi) is 1.71. The van der Waals surface area contributed by atoms with Crippen LogP contribution in [0.5, 0.6) is 0 Å². The molecule has 14 heavy (non-hydrogen) atoms. The highest BCUT2D eigenvalue weighted by Gasteiger charge is 2.45. The SMILES string of the molecule is O=S(=O)(O)C(F)(F)Cc1cc2ccc1-2. The van der Waals surface area contributed by atoms with E-state index in [1.165, 1.54) is 6.07 Å². The smallest absolute Gasteiger partial charge is 0.281 e. The van der Waals surface area contributed by atoms with Crippen LogP contribution in [0, 0.1) is 0 Å². The molecule has 0 aromatic rings. The molecule has 0 fully saturated rings. The molecule has 0 aromatic heterocycles. The quantitative estimate of drug-likeness (QED) is 0.801. The van der Waals surface area contributed by atoms with Gasteiger partial charge >= 0.3 is 15.4 Å². The second-order valence-electron chi connectivity index (χ2n) is 3.16. The standard InChI is InChI=1S/C8H6F2O3S/c9-8(10,14(11,12)13)4-6-3-5-1-2-7(5)6/h1-3H,4H2,(H,11,12,13). The molecule has 0 saturated carbocycles. The summed E-state index contributed by atoms with van der Waals surface area (Å²) in [5.41, 5.74) is 1.78. The van der Waals surface area contributed by atoms with Crippen molar-refractivity contribution in [2.75, 3.05) is 0 Å². The number of fused-ring (bicyclic) bond motifs is 1. The number of hydrogen-bond acceptors (Lipinski definition) is 2. The van der Waals surface area contributed by atoms with Crippen molar-refractivity contribution >= 4 is 10.1 Å². The van der Waals surface area contributed by atoms with Gasteiger partial charge in [-0.1, -0.05) is 18.2 Å². The van der Waals surface area contributed by atoms with Gasteiger partial charge in [-0.05, 0) is 16.7 Å². The van der Waals surface area contributed by atoms with Crippen molar-refractivity contribution in [3.63, 3.8) is 0 Å². The summed E-state index contributed by atoms with van der Waals surface area (Å²) in [6, 6.07) is 4.85. The van der Waals surface area contributed by atoms with Crippen LogP contribution in [-0.2, 0) is 16.5 Å². The first kappa shape index (κ1) is 9.54. The maximum atomic E-state index is 12.8. The first-order valence-electron chi connectivity index (χ1n) is 3.79. The van der Waals surface area contributed by atoms with E-state index in [0.717, 1.165) is 5.56 Å². The van der Waals surface area contributed by atoms with Gasteiger partial charge < -0.3 is 0 Å². The van der Waals surface area contributed by atoms with Gasteiger partial charge in [0, 0.05) is 0 Å². The molecule has 0 aromatic carbocycles. The molecule has 0 bridgehead atoms. The Labute approximate surface area is 79.1 Å². The number of rotatable bonds is 3. The molecule has 0 spiro atoms. The fraction of sp³-hybridized carbons (Fsp3) is 0.250. The zero-order valence-corrected chi connectivity index (χ0v) is 7.68. The van der Waals surface area contributed by atoms with Gasteiger partial charge in [-0.15, -0.1) is 0 Å². The Morgan fingerprint density at radius 2 is 2.00 bits per heavy atom. The molecule has 0 unspecified atom stereocenters. The normalized spacial score (nSPS) is 14.2. The van der Waals surface area contributed by atoms with Gasteiger partial charge in [0.2, 0.25) is 0 Å². The van der Waals surface area contributed by atoms with Crippen LogP contribution in [0.3, 0.4) is 0 Å². The number of benzene rings is 1. The highest BCUT2D eigenvalue weighted by Crippen LogP contribution is 2.40. The van der Waals surface area contributed by atoms with E-state index in [1.54, 1.807) is 12.1 Å². The fourth-order valence-electron chi connectivity index (χ4n) is 1.33. The van der Waals surface area contributed by atoms with Gasteiger partial charge in [0.25, 0.3) is 0 Å². The summed E-state index contributed by atoms with van der Waals surface area (Å²) in [7, 11) is -5.31. The first-order chi connectivity index (χ1) is 6.31. The Morgan fingerprint density at radius 1 is 1.36 bits per heavy atom. The van der Waals surface area contributed by atoms with Crippen LogP contribution in [0.1, 0.15) is 5.56 Å². The van der Waals surface area contributed by atoms with E-state index in [2.05, 4.69) is 0 Å². The van der Waals surface area contributed by atoms with Crippen molar-refractivity contribution in [1.82, 2.24) is 0 Å². The van der Waals surface area contributed by atoms with Gasteiger partial charge in [0.05, 0.1) is 6.42 Å². The number of hydrogen-bond donors (Lipinski definition) is 1.